The first kappa shape index (κ1) is 12.0. The minimum atomic E-state index is -0.477. The van der Waals surface area contributed by atoms with Crippen LogP contribution >= 0.6 is 0 Å². The van der Waals surface area contributed by atoms with Gasteiger partial charge in [-0.15, -0.1) is 0 Å². The number of carbonyl (C=O) groups is 2. The van der Waals surface area contributed by atoms with E-state index in [0.717, 1.165) is 12.8 Å². The van der Waals surface area contributed by atoms with Crippen molar-refractivity contribution >= 4 is 12.0 Å². The summed E-state index contributed by atoms with van der Waals surface area (Å²) in [5, 5.41) is 0. The summed E-state index contributed by atoms with van der Waals surface area (Å²) in [5.41, 5.74) is 0. The monoisotopic (exact) mass is 213 g/mol. The molecule has 4 heteroatoms. The normalized spacial score (nSPS) is 20.9. The lowest BCUT2D eigenvalue weighted by molar-refractivity contribution is -0.129. The Morgan fingerprint density at radius 1 is 1.60 bits per heavy atom. The highest BCUT2D eigenvalue weighted by Crippen LogP contribution is 2.20. The molecule has 0 aromatic heterocycles. The lowest BCUT2D eigenvalue weighted by atomic mass is 10.0. The molecule has 1 aliphatic heterocycles. The predicted molar refractivity (Wildman–Crippen MR) is 56.3 cm³/mol. The molecule has 86 valence electrons. The van der Waals surface area contributed by atoms with E-state index >= 15 is 0 Å². The largest absolute Gasteiger partial charge is 0.447 e. The van der Waals surface area contributed by atoms with Crippen LogP contribution in [0.15, 0.2) is 0 Å². The van der Waals surface area contributed by atoms with Gasteiger partial charge in [-0.1, -0.05) is 27.2 Å². The van der Waals surface area contributed by atoms with Gasteiger partial charge in [-0.3, -0.25) is 4.79 Å². The Labute approximate surface area is 90.6 Å². The van der Waals surface area contributed by atoms with Crippen LogP contribution in [0, 0.1) is 5.92 Å². The van der Waals surface area contributed by atoms with Crippen molar-refractivity contribution in [3.63, 3.8) is 0 Å². The predicted octanol–water partition coefficient (Wildman–Crippen LogP) is 2.18. The van der Waals surface area contributed by atoms with E-state index in [0.29, 0.717) is 13.0 Å². The second-order valence-electron chi connectivity index (χ2n) is 4.26. The van der Waals surface area contributed by atoms with Gasteiger partial charge in [0.25, 0.3) is 0 Å². The van der Waals surface area contributed by atoms with Crippen molar-refractivity contribution in [2.45, 2.75) is 46.1 Å². The number of hydrogen-bond acceptors (Lipinski definition) is 3. The van der Waals surface area contributed by atoms with Crippen molar-refractivity contribution in [1.29, 1.82) is 0 Å². The van der Waals surface area contributed by atoms with Crippen LogP contribution in [0.2, 0.25) is 0 Å². The molecule has 0 N–H and O–H groups in total. The van der Waals surface area contributed by atoms with Gasteiger partial charge in [0.2, 0.25) is 5.91 Å². The summed E-state index contributed by atoms with van der Waals surface area (Å²) in [5.74, 6) is 0.153. The Balaban J connectivity index is 2.63. The number of cyclic esters (lactones) is 1. The standard InChI is InChI=1S/C11H19NO3/c1-4-5-6-10(13)12-9(8(2)3)7-15-11(12)14/h8-9H,4-7H2,1-3H3/t9-/m1/s1. The summed E-state index contributed by atoms with van der Waals surface area (Å²) in [6.07, 6.45) is 1.75. The number of nitrogens with zero attached hydrogens (tertiary/aromatic N) is 1. The molecule has 0 aromatic carbocycles. The van der Waals surface area contributed by atoms with Gasteiger partial charge in [0.05, 0.1) is 6.04 Å². The number of unbranched alkanes of at least 4 members (excludes halogenated alkanes) is 1. The van der Waals surface area contributed by atoms with Gasteiger partial charge in [0.1, 0.15) is 6.61 Å². The van der Waals surface area contributed by atoms with Crippen molar-refractivity contribution in [2.75, 3.05) is 6.61 Å². The second kappa shape index (κ2) is 5.14. The lowest BCUT2D eigenvalue weighted by Gasteiger charge is -2.22. The molecule has 1 aliphatic rings. The summed E-state index contributed by atoms with van der Waals surface area (Å²) in [6, 6.07) is -0.0816. The molecule has 1 atom stereocenters. The second-order valence-corrected chi connectivity index (χ2v) is 4.26. The van der Waals surface area contributed by atoms with Crippen molar-refractivity contribution < 1.29 is 14.3 Å². The average molecular weight is 213 g/mol. The summed E-state index contributed by atoms with van der Waals surface area (Å²) in [7, 11) is 0. The van der Waals surface area contributed by atoms with E-state index in [1.54, 1.807) is 0 Å². The SMILES string of the molecule is CCCCC(=O)N1C(=O)OC[C@@H]1C(C)C. The molecule has 2 amide bonds. The number of hydrogen-bond donors (Lipinski definition) is 0. The van der Waals surface area contributed by atoms with Crippen LogP contribution in [0.4, 0.5) is 4.79 Å². The molecule has 0 unspecified atom stereocenters. The lowest BCUT2D eigenvalue weighted by Crippen LogP contribution is -2.41. The Morgan fingerprint density at radius 3 is 2.80 bits per heavy atom. The summed E-state index contributed by atoms with van der Waals surface area (Å²) < 4.78 is 4.91. The van der Waals surface area contributed by atoms with Crippen molar-refractivity contribution in [3.8, 4) is 0 Å². The third kappa shape index (κ3) is 2.70. The molecule has 1 rings (SSSR count). The molecule has 0 bridgehead atoms. The van der Waals surface area contributed by atoms with E-state index in [1.165, 1.54) is 4.90 Å². The minimum absolute atomic E-state index is 0.0816. The maximum atomic E-state index is 11.8. The molecule has 15 heavy (non-hydrogen) atoms. The average Bonchev–Trinajstić information content (AvgIpc) is 2.56. The first-order valence-electron chi connectivity index (χ1n) is 5.56. The van der Waals surface area contributed by atoms with Crippen LogP contribution in [-0.4, -0.2) is 29.5 Å². The minimum Gasteiger partial charge on any atom is -0.447 e. The van der Waals surface area contributed by atoms with Gasteiger partial charge < -0.3 is 4.74 Å². The smallest absolute Gasteiger partial charge is 0.416 e. The highest BCUT2D eigenvalue weighted by atomic mass is 16.6. The Hall–Kier alpha value is -1.06. The fourth-order valence-corrected chi connectivity index (χ4v) is 1.66. The zero-order valence-corrected chi connectivity index (χ0v) is 9.66. The Bertz CT molecular complexity index is 250. The number of imide groups is 1. The summed E-state index contributed by atoms with van der Waals surface area (Å²) >= 11 is 0. The first-order valence-corrected chi connectivity index (χ1v) is 5.56. The molecular formula is C11H19NO3. The maximum absolute atomic E-state index is 11.8. The van der Waals surface area contributed by atoms with Gasteiger partial charge >= 0.3 is 6.09 Å². The van der Waals surface area contributed by atoms with E-state index in [4.69, 9.17) is 4.74 Å². The number of carbonyl (C=O) groups excluding carboxylic acids is 2. The maximum Gasteiger partial charge on any atom is 0.416 e. The third-order valence-corrected chi connectivity index (χ3v) is 2.69. The van der Waals surface area contributed by atoms with E-state index in [-0.39, 0.29) is 17.9 Å². The van der Waals surface area contributed by atoms with E-state index < -0.39 is 6.09 Å². The molecule has 0 radical (unpaired) electrons. The molecule has 0 saturated carbocycles. The Kier molecular flexibility index (Phi) is 4.12. The topological polar surface area (TPSA) is 46.6 Å². The fraction of sp³-hybridized carbons (Fsp3) is 0.818. The summed E-state index contributed by atoms with van der Waals surface area (Å²) in [6.45, 7) is 6.35. The molecule has 1 heterocycles. The van der Waals surface area contributed by atoms with E-state index in [9.17, 15) is 9.59 Å². The van der Waals surface area contributed by atoms with Gasteiger partial charge in [-0.25, -0.2) is 9.69 Å². The summed E-state index contributed by atoms with van der Waals surface area (Å²) in [4.78, 5) is 24.4. The van der Waals surface area contributed by atoms with Gasteiger partial charge in [0.15, 0.2) is 0 Å². The number of rotatable bonds is 4. The highest BCUT2D eigenvalue weighted by molar-refractivity contribution is 5.93. The molecule has 0 aliphatic carbocycles. The number of amides is 2. The Morgan fingerprint density at radius 2 is 2.27 bits per heavy atom. The molecule has 1 fully saturated rings. The van der Waals surface area contributed by atoms with Crippen LogP contribution in [0.5, 0.6) is 0 Å². The molecule has 1 saturated heterocycles. The van der Waals surface area contributed by atoms with Gasteiger partial charge in [-0.2, -0.15) is 0 Å². The fourth-order valence-electron chi connectivity index (χ4n) is 1.66. The van der Waals surface area contributed by atoms with Crippen LogP contribution < -0.4 is 0 Å². The molecular weight excluding hydrogens is 194 g/mol. The van der Waals surface area contributed by atoms with Gasteiger partial charge in [-0.05, 0) is 12.3 Å². The quantitative estimate of drug-likeness (QED) is 0.719. The van der Waals surface area contributed by atoms with Crippen molar-refractivity contribution in [1.82, 2.24) is 4.90 Å². The first-order chi connectivity index (χ1) is 7.07. The van der Waals surface area contributed by atoms with Crippen LogP contribution in [0.1, 0.15) is 40.0 Å². The van der Waals surface area contributed by atoms with Crippen LogP contribution in [0.3, 0.4) is 0 Å². The number of ether oxygens (including phenoxy) is 1. The molecule has 4 nitrogen and oxygen atoms in total. The van der Waals surface area contributed by atoms with Crippen LogP contribution in [0.25, 0.3) is 0 Å². The molecule has 0 aromatic rings. The molecule has 0 spiro atoms. The van der Waals surface area contributed by atoms with Gasteiger partial charge in [0, 0.05) is 6.42 Å². The van der Waals surface area contributed by atoms with Crippen LogP contribution in [-0.2, 0) is 9.53 Å². The third-order valence-electron chi connectivity index (χ3n) is 2.69. The zero-order valence-electron chi connectivity index (χ0n) is 9.66. The van der Waals surface area contributed by atoms with E-state index in [2.05, 4.69) is 0 Å². The zero-order chi connectivity index (χ0) is 11.4. The van der Waals surface area contributed by atoms with E-state index in [1.807, 2.05) is 20.8 Å². The van der Waals surface area contributed by atoms with Crippen molar-refractivity contribution in [2.24, 2.45) is 5.92 Å². The highest BCUT2D eigenvalue weighted by Gasteiger charge is 2.38. The van der Waals surface area contributed by atoms with Crippen molar-refractivity contribution in [3.05, 3.63) is 0 Å².